The van der Waals surface area contributed by atoms with Gasteiger partial charge in [0.05, 0.1) is 6.42 Å². The molecule has 0 aliphatic rings. The van der Waals surface area contributed by atoms with Crippen molar-refractivity contribution < 1.29 is 19.4 Å². The molecule has 0 aliphatic heterocycles. The standard InChI is InChI=1S/C6H9O4/c1-3-5(7)10-4(2)6(8)9/h3-4H,1-2H3,(H,8,9). The fourth-order valence-corrected chi connectivity index (χ4v) is 0.293. The second kappa shape index (κ2) is 3.87. The Bertz CT molecular complexity index is 141. The SMILES string of the molecule is C[CH]C(=O)OC(C)C(=O)O. The van der Waals surface area contributed by atoms with E-state index in [0.29, 0.717) is 0 Å². The van der Waals surface area contributed by atoms with Crippen LogP contribution in [0, 0.1) is 6.42 Å². The van der Waals surface area contributed by atoms with Gasteiger partial charge in [0.25, 0.3) is 0 Å². The van der Waals surface area contributed by atoms with E-state index in [1.165, 1.54) is 20.3 Å². The molecule has 0 aromatic carbocycles. The lowest BCUT2D eigenvalue weighted by Gasteiger charge is -2.05. The Morgan fingerprint density at radius 3 is 2.40 bits per heavy atom. The summed E-state index contributed by atoms with van der Waals surface area (Å²) in [6.07, 6.45) is 0.100. The van der Waals surface area contributed by atoms with Crippen LogP contribution in [0.4, 0.5) is 0 Å². The van der Waals surface area contributed by atoms with Gasteiger partial charge < -0.3 is 9.84 Å². The molecule has 1 radical (unpaired) electrons. The number of esters is 1. The Kier molecular flexibility index (Phi) is 3.46. The summed E-state index contributed by atoms with van der Waals surface area (Å²) in [7, 11) is 0. The van der Waals surface area contributed by atoms with Crippen LogP contribution in [-0.4, -0.2) is 23.1 Å². The van der Waals surface area contributed by atoms with Crippen molar-refractivity contribution >= 4 is 11.9 Å². The highest BCUT2D eigenvalue weighted by Crippen LogP contribution is 1.92. The number of carbonyl (C=O) groups excluding carboxylic acids is 1. The van der Waals surface area contributed by atoms with Crippen molar-refractivity contribution in [1.29, 1.82) is 0 Å². The third-order valence-electron chi connectivity index (χ3n) is 0.876. The van der Waals surface area contributed by atoms with E-state index >= 15 is 0 Å². The number of hydrogen-bond donors (Lipinski definition) is 1. The van der Waals surface area contributed by atoms with Crippen molar-refractivity contribution in [2.75, 3.05) is 0 Å². The lowest BCUT2D eigenvalue weighted by atomic mass is 10.4. The smallest absolute Gasteiger partial charge is 0.344 e. The number of aliphatic carboxylic acids is 1. The molecule has 0 saturated heterocycles. The largest absolute Gasteiger partial charge is 0.479 e. The molecule has 0 aromatic heterocycles. The second-order valence-corrected chi connectivity index (χ2v) is 1.71. The van der Waals surface area contributed by atoms with Crippen molar-refractivity contribution in [1.82, 2.24) is 0 Å². The monoisotopic (exact) mass is 145 g/mol. The van der Waals surface area contributed by atoms with Gasteiger partial charge in [-0.3, -0.25) is 4.79 Å². The van der Waals surface area contributed by atoms with Crippen LogP contribution in [0.1, 0.15) is 13.8 Å². The minimum absolute atomic E-state index is 0.616. The average Bonchev–Trinajstić information content (AvgIpc) is 1.87. The van der Waals surface area contributed by atoms with Crippen molar-refractivity contribution in [2.45, 2.75) is 20.0 Å². The second-order valence-electron chi connectivity index (χ2n) is 1.71. The zero-order chi connectivity index (χ0) is 8.15. The Morgan fingerprint density at radius 1 is 1.60 bits per heavy atom. The first kappa shape index (κ1) is 8.94. The van der Waals surface area contributed by atoms with E-state index in [4.69, 9.17) is 5.11 Å². The lowest BCUT2D eigenvalue weighted by molar-refractivity contribution is -0.160. The van der Waals surface area contributed by atoms with E-state index in [-0.39, 0.29) is 0 Å². The molecule has 0 heterocycles. The minimum Gasteiger partial charge on any atom is -0.479 e. The summed E-state index contributed by atoms with van der Waals surface area (Å²) >= 11 is 0. The maximum atomic E-state index is 10.4. The number of hydrogen-bond acceptors (Lipinski definition) is 3. The molecular formula is C6H9O4. The van der Waals surface area contributed by atoms with Gasteiger partial charge in [-0.1, -0.05) is 6.92 Å². The van der Waals surface area contributed by atoms with Crippen LogP contribution in [0.25, 0.3) is 0 Å². The molecule has 4 heteroatoms. The zero-order valence-corrected chi connectivity index (χ0v) is 5.83. The molecule has 0 rings (SSSR count). The van der Waals surface area contributed by atoms with Gasteiger partial charge >= 0.3 is 11.9 Å². The molecule has 1 atom stereocenters. The van der Waals surface area contributed by atoms with Crippen LogP contribution in [0.15, 0.2) is 0 Å². The molecular weight excluding hydrogens is 136 g/mol. The molecule has 0 aliphatic carbocycles. The van der Waals surface area contributed by atoms with E-state index in [2.05, 4.69) is 4.74 Å². The van der Waals surface area contributed by atoms with Crippen LogP contribution in [0.5, 0.6) is 0 Å². The molecule has 1 unspecified atom stereocenters. The summed E-state index contributed by atoms with van der Waals surface area (Å²) in [6.45, 7) is 2.78. The van der Waals surface area contributed by atoms with Crippen LogP contribution < -0.4 is 0 Å². The summed E-state index contributed by atoms with van der Waals surface area (Å²) < 4.78 is 4.37. The maximum Gasteiger partial charge on any atom is 0.344 e. The predicted molar refractivity (Wildman–Crippen MR) is 33.2 cm³/mol. The topological polar surface area (TPSA) is 63.6 Å². The molecule has 4 nitrogen and oxygen atoms in total. The zero-order valence-electron chi connectivity index (χ0n) is 5.83. The number of rotatable bonds is 3. The quantitative estimate of drug-likeness (QED) is 0.577. The van der Waals surface area contributed by atoms with E-state index in [0.717, 1.165) is 0 Å². The lowest BCUT2D eigenvalue weighted by Crippen LogP contribution is -2.23. The summed E-state index contributed by atoms with van der Waals surface area (Å²) in [6, 6.07) is 0. The molecule has 0 spiro atoms. The fourth-order valence-electron chi connectivity index (χ4n) is 0.293. The number of carboxylic acids is 1. The summed E-state index contributed by atoms with van der Waals surface area (Å²) in [5, 5.41) is 8.24. The molecule has 0 bridgehead atoms. The normalized spacial score (nSPS) is 12.2. The molecule has 10 heavy (non-hydrogen) atoms. The Morgan fingerprint density at radius 2 is 2.10 bits per heavy atom. The molecule has 0 aromatic rings. The fraction of sp³-hybridized carbons (Fsp3) is 0.500. The number of carboxylic acid groups (broad SMARTS) is 1. The summed E-state index contributed by atoms with van der Waals surface area (Å²) in [5.74, 6) is -1.76. The Labute approximate surface area is 58.8 Å². The summed E-state index contributed by atoms with van der Waals surface area (Å²) in [5.41, 5.74) is 0. The Balaban J connectivity index is 3.68. The van der Waals surface area contributed by atoms with Gasteiger partial charge in [-0.2, -0.15) is 0 Å². The van der Waals surface area contributed by atoms with Crippen LogP contribution in [0.3, 0.4) is 0 Å². The highest BCUT2D eigenvalue weighted by atomic mass is 16.6. The van der Waals surface area contributed by atoms with Crippen LogP contribution in [0.2, 0.25) is 0 Å². The maximum absolute atomic E-state index is 10.4. The highest BCUT2D eigenvalue weighted by Gasteiger charge is 2.14. The van der Waals surface area contributed by atoms with Gasteiger partial charge in [-0.05, 0) is 6.92 Å². The molecule has 0 saturated carbocycles. The third-order valence-corrected chi connectivity index (χ3v) is 0.876. The van der Waals surface area contributed by atoms with Crippen molar-refractivity contribution in [3.8, 4) is 0 Å². The first-order chi connectivity index (χ1) is 4.57. The van der Waals surface area contributed by atoms with Crippen molar-refractivity contribution in [2.24, 2.45) is 0 Å². The molecule has 0 amide bonds. The van der Waals surface area contributed by atoms with E-state index < -0.39 is 18.0 Å². The number of carbonyl (C=O) groups is 2. The molecule has 0 fully saturated rings. The van der Waals surface area contributed by atoms with Crippen molar-refractivity contribution in [3.05, 3.63) is 6.42 Å². The van der Waals surface area contributed by atoms with E-state index in [9.17, 15) is 9.59 Å². The highest BCUT2D eigenvalue weighted by molar-refractivity contribution is 5.82. The van der Waals surface area contributed by atoms with Crippen molar-refractivity contribution in [3.63, 3.8) is 0 Å². The third kappa shape index (κ3) is 3.06. The molecule has 57 valence electrons. The van der Waals surface area contributed by atoms with Gasteiger partial charge in [-0.25, -0.2) is 4.79 Å². The first-order valence-electron chi connectivity index (χ1n) is 2.80. The van der Waals surface area contributed by atoms with Gasteiger partial charge in [0.15, 0.2) is 6.10 Å². The van der Waals surface area contributed by atoms with E-state index in [1.807, 2.05) is 0 Å². The predicted octanol–water partition coefficient (Wildman–Crippen LogP) is 0.227. The number of ether oxygens (including phenoxy) is 1. The Hall–Kier alpha value is -1.06. The van der Waals surface area contributed by atoms with Gasteiger partial charge in [0, 0.05) is 0 Å². The first-order valence-corrected chi connectivity index (χ1v) is 2.80. The average molecular weight is 145 g/mol. The van der Waals surface area contributed by atoms with Gasteiger partial charge in [0.1, 0.15) is 0 Å². The summed E-state index contributed by atoms with van der Waals surface area (Å²) in [4.78, 5) is 20.4. The minimum atomic E-state index is -1.14. The van der Waals surface area contributed by atoms with Crippen LogP contribution in [-0.2, 0) is 14.3 Å². The molecule has 1 N–H and O–H groups in total. The van der Waals surface area contributed by atoms with Gasteiger partial charge in [-0.15, -0.1) is 0 Å². The van der Waals surface area contributed by atoms with Gasteiger partial charge in [0.2, 0.25) is 0 Å². The van der Waals surface area contributed by atoms with E-state index in [1.54, 1.807) is 0 Å². The van der Waals surface area contributed by atoms with Crippen LogP contribution >= 0.6 is 0 Å².